The number of carbonyl (C=O) groups is 1. The zero-order valence-electron chi connectivity index (χ0n) is 15.7. The Morgan fingerprint density at radius 1 is 1.26 bits per heavy atom. The molecule has 6 nitrogen and oxygen atoms in total. The molecule has 3 heterocycles. The van der Waals surface area contributed by atoms with Gasteiger partial charge in [0.15, 0.2) is 11.5 Å². The third-order valence-corrected chi connectivity index (χ3v) is 5.08. The van der Waals surface area contributed by atoms with E-state index in [9.17, 15) is 4.79 Å². The van der Waals surface area contributed by atoms with Crippen molar-refractivity contribution in [2.45, 2.75) is 25.8 Å². The van der Waals surface area contributed by atoms with Gasteiger partial charge < -0.3 is 14.1 Å². The first kappa shape index (κ1) is 17.5. The number of aromatic nitrogens is 2. The van der Waals surface area contributed by atoms with Crippen LogP contribution in [-0.2, 0) is 4.74 Å². The molecule has 1 atom stereocenters. The number of nitrogens with one attached hydrogen (secondary N) is 1. The lowest BCUT2D eigenvalue weighted by Gasteiger charge is -2.26. The number of furan rings is 1. The lowest BCUT2D eigenvalue weighted by molar-refractivity contribution is 0.0677. The molecule has 6 heteroatoms. The summed E-state index contributed by atoms with van der Waals surface area (Å²) in [6.07, 6.45) is 1.62. The number of carbonyl (C=O) groups excluding carboxylic acids is 1. The molecule has 3 aromatic rings. The van der Waals surface area contributed by atoms with Gasteiger partial charge in [-0.25, -0.2) is 0 Å². The molecule has 4 rings (SSSR count). The first-order valence-corrected chi connectivity index (χ1v) is 9.13. The summed E-state index contributed by atoms with van der Waals surface area (Å²) in [5.74, 6) is 1.04. The van der Waals surface area contributed by atoms with E-state index < -0.39 is 0 Å². The average molecular weight is 365 g/mol. The molecule has 27 heavy (non-hydrogen) atoms. The predicted octanol–water partition coefficient (Wildman–Crippen LogP) is 3.98. The van der Waals surface area contributed by atoms with Crippen molar-refractivity contribution < 1.29 is 13.9 Å². The normalized spacial score (nSPS) is 16.4. The van der Waals surface area contributed by atoms with Crippen molar-refractivity contribution in [1.29, 1.82) is 0 Å². The van der Waals surface area contributed by atoms with Gasteiger partial charge >= 0.3 is 0 Å². The molecule has 0 saturated carbocycles. The van der Waals surface area contributed by atoms with Crippen molar-refractivity contribution in [3.63, 3.8) is 0 Å². The molecule has 0 fully saturated rings. The van der Waals surface area contributed by atoms with Gasteiger partial charge in [0, 0.05) is 19.2 Å². The minimum atomic E-state index is -0.220. The Hall–Kier alpha value is -2.86. The van der Waals surface area contributed by atoms with Gasteiger partial charge in [-0.05, 0) is 29.2 Å². The number of methoxy groups -OCH3 is 1. The van der Waals surface area contributed by atoms with Gasteiger partial charge in [-0.1, -0.05) is 38.1 Å². The number of benzene rings is 1. The van der Waals surface area contributed by atoms with Crippen LogP contribution in [0.3, 0.4) is 0 Å². The van der Waals surface area contributed by atoms with Crippen LogP contribution in [0.1, 0.15) is 53.0 Å². The largest absolute Gasteiger partial charge is 0.463 e. The van der Waals surface area contributed by atoms with E-state index in [1.54, 1.807) is 13.4 Å². The molecule has 1 aromatic carbocycles. The van der Waals surface area contributed by atoms with Gasteiger partial charge in [-0.15, -0.1) is 0 Å². The summed E-state index contributed by atoms with van der Waals surface area (Å²) in [5.41, 5.74) is 4.39. The van der Waals surface area contributed by atoms with E-state index in [1.807, 2.05) is 17.0 Å². The van der Waals surface area contributed by atoms with Gasteiger partial charge in [0.25, 0.3) is 5.91 Å². The van der Waals surface area contributed by atoms with Crippen molar-refractivity contribution in [1.82, 2.24) is 15.1 Å². The fraction of sp³-hybridized carbons (Fsp3) is 0.333. The highest BCUT2D eigenvalue weighted by atomic mass is 16.5. The highest BCUT2D eigenvalue weighted by Gasteiger charge is 2.42. The van der Waals surface area contributed by atoms with Crippen LogP contribution in [0.2, 0.25) is 0 Å². The molecular weight excluding hydrogens is 342 g/mol. The number of aromatic amines is 1. The van der Waals surface area contributed by atoms with Gasteiger partial charge in [-0.2, -0.15) is 5.10 Å². The van der Waals surface area contributed by atoms with Crippen LogP contribution in [-0.4, -0.2) is 41.3 Å². The van der Waals surface area contributed by atoms with E-state index in [0.29, 0.717) is 30.5 Å². The molecule has 1 amide bonds. The summed E-state index contributed by atoms with van der Waals surface area (Å²) in [6.45, 7) is 5.31. The highest BCUT2D eigenvalue weighted by molar-refractivity contribution is 5.99. The fourth-order valence-electron chi connectivity index (χ4n) is 3.63. The Morgan fingerprint density at radius 3 is 2.67 bits per heavy atom. The molecule has 0 saturated heterocycles. The average Bonchev–Trinajstić information content (AvgIpc) is 3.38. The predicted molar refractivity (Wildman–Crippen MR) is 102 cm³/mol. The second-order valence-corrected chi connectivity index (χ2v) is 7.05. The van der Waals surface area contributed by atoms with Crippen molar-refractivity contribution in [3.05, 3.63) is 65.0 Å². The maximum absolute atomic E-state index is 13.0. The summed E-state index contributed by atoms with van der Waals surface area (Å²) < 4.78 is 10.8. The highest BCUT2D eigenvalue weighted by Crippen LogP contribution is 2.42. The van der Waals surface area contributed by atoms with Crippen LogP contribution in [0.15, 0.2) is 47.1 Å². The first-order chi connectivity index (χ1) is 13.1. The summed E-state index contributed by atoms with van der Waals surface area (Å²) in [6, 6.07) is 11.9. The number of nitrogens with zero attached hydrogens (tertiary/aromatic N) is 2. The summed E-state index contributed by atoms with van der Waals surface area (Å²) >= 11 is 0. The van der Waals surface area contributed by atoms with E-state index in [-0.39, 0.29) is 11.9 Å². The maximum atomic E-state index is 13.0. The zero-order valence-corrected chi connectivity index (χ0v) is 15.7. The number of ether oxygens (including phenoxy) is 1. The molecule has 0 spiro atoms. The van der Waals surface area contributed by atoms with Gasteiger partial charge in [0.2, 0.25) is 0 Å². The molecular formula is C21H23N3O3. The fourth-order valence-corrected chi connectivity index (χ4v) is 3.63. The molecule has 0 aliphatic carbocycles. The van der Waals surface area contributed by atoms with Crippen LogP contribution in [0.4, 0.5) is 0 Å². The monoisotopic (exact) mass is 365 g/mol. The molecule has 0 unspecified atom stereocenters. The van der Waals surface area contributed by atoms with Crippen molar-refractivity contribution in [2.24, 2.45) is 0 Å². The smallest absolute Gasteiger partial charge is 0.275 e. The van der Waals surface area contributed by atoms with Crippen LogP contribution in [0, 0.1) is 0 Å². The zero-order chi connectivity index (χ0) is 19.0. The second kappa shape index (κ2) is 7.04. The van der Waals surface area contributed by atoms with Crippen LogP contribution in [0.25, 0.3) is 11.5 Å². The minimum absolute atomic E-state index is 0.0888. The van der Waals surface area contributed by atoms with E-state index in [0.717, 1.165) is 16.8 Å². The van der Waals surface area contributed by atoms with Crippen molar-refractivity contribution in [3.8, 4) is 11.5 Å². The van der Waals surface area contributed by atoms with E-state index >= 15 is 0 Å². The SMILES string of the molecule is COCCN1C(=O)c2n[nH]c(-c3ccco3)c2[C@H]1c1ccc(C(C)C)cc1. The van der Waals surface area contributed by atoms with Crippen molar-refractivity contribution in [2.75, 3.05) is 20.3 Å². The van der Waals surface area contributed by atoms with Crippen LogP contribution >= 0.6 is 0 Å². The Balaban J connectivity index is 1.81. The Kier molecular flexibility index (Phi) is 4.58. The molecule has 0 radical (unpaired) electrons. The van der Waals surface area contributed by atoms with Crippen LogP contribution < -0.4 is 0 Å². The topological polar surface area (TPSA) is 71.4 Å². The van der Waals surface area contributed by atoms with Gasteiger partial charge in [0.05, 0.1) is 18.9 Å². The number of amides is 1. The molecule has 1 N–H and O–H groups in total. The third-order valence-electron chi connectivity index (χ3n) is 5.08. The maximum Gasteiger partial charge on any atom is 0.275 e. The van der Waals surface area contributed by atoms with E-state index in [4.69, 9.17) is 9.15 Å². The quantitative estimate of drug-likeness (QED) is 0.717. The first-order valence-electron chi connectivity index (χ1n) is 9.13. The molecule has 2 aromatic heterocycles. The standard InChI is InChI=1S/C21H23N3O3/c1-13(2)14-6-8-15(9-7-14)20-17-18(16-5-4-11-27-16)22-23-19(17)21(25)24(20)10-12-26-3/h4-9,11,13,20H,10,12H2,1-3H3,(H,22,23)/t20-/m1/s1. The third kappa shape index (κ3) is 2.96. The molecule has 1 aliphatic heterocycles. The number of hydrogen-bond acceptors (Lipinski definition) is 4. The minimum Gasteiger partial charge on any atom is -0.463 e. The van der Waals surface area contributed by atoms with E-state index in [2.05, 4.69) is 48.3 Å². The number of fused-ring (bicyclic) bond motifs is 1. The van der Waals surface area contributed by atoms with Crippen LogP contribution in [0.5, 0.6) is 0 Å². The number of hydrogen-bond donors (Lipinski definition) is 1. The number of rotatable bonds is 6. The molecule has 1 aliphatic rings. The lowest BCUT2D eigenvalue weighted by Crippen LogP contribution is -2.32. The Morgan fingerprint density at radius 2 is 2.04 bits per heavy atom. The lowest BCUT2D eigenvalue weighted by atomic mass is 9.95. The van der Waals surface area contributed by atoms with Gasteiger partial charge in [-0.3, -0.25) is 9.89 Å². The summed E-state index contributed by atoms with van der Waals surface area (Å²) in [4.78, 5) is 14.8. The van der Waals surface area contributed by atoms with E-state index in [1.165, 1.54) is 5.56 Å². The second-order valence-electron chi connectivity index (χ2n) is 7.05. The summed E-state index contributed by atoms with van der Waals surface area (Å²) in [5, 5.41) is 7.29. The number of H-pyrrole nitrogens is 1. The molecule has 140 valence electrons. The summed E-state index contributed by atoms with van der Waals surface area (Å²) in [7, 11) is 1.64. The Bertz CT molecular complexity index is 926. The van der Waals surface area contributed by atoms with Crippen molar-refractivity contribution >= 4 is 5.91 Å². The Labute approximate surface area is 158 Å². The molecule has 0 bridgehead atoms. The van der Waals surface area contributed by atoms with Gasteiger partial charge in [0.1, 0.15) is 5.69 Å².